The molecule has 0 unspecified atom stereocenters. The van der Waals surface area contributed by atoms with Gasteiger partial charge in [-0.2, -0.15) is 0 Å². The molecule has 1 heterocycles. The van der Waals surface area contributed by atoms with E-state index in [-0.39, 0.29) is 0 Å². The van der Waals surface area contributed by atoms with Gasteiger partial charge in [0.05, 0.1) is 5.69 Å². The van der Waals surface area contributed by atoms with Gasteiger partial charge in [-0.3, -0.25) is 0 Å². The third-order valence-electron chi connectivity index (χ3n) is 1.91. The maximum Gasteiger partial charge on any atom is 0.139 e. The lowest BCUT2D eigenvalue weighted by atomic mass is 10.1. The van der Waals surface area contributed by atoms with Crippen molar-refractivity contribution in [1.29, 1.82) is 0 Å². The van der Waals surface area contributed by atoms with Crippen molar-refractivity contribution < 1.29 is 5.11 Å². The summed E-state index contributed by atoms with van der Waals surface area (Å²) in [5, 5.41) is 12.5. The zero-order valence-electron chi connectivity index (χ0n) is 5.89. The van der Waals surface area contributed by atoms with E-state index >= 15 is 0 Å². The van der Waals surface area contributed by atoms with Gasteiger partial charge in [0.1, 0.15) is 5.75 Å². The Labute approximate surface area is 73.4 Å². The number of phenols is 1. The highest BCUT2D eigenvalue weighted by Crippen LogP contribution is 2.36. The first kappa shape index (κ1) is 6.98. The number of hydrogen-bond acceptors (Lipinski definition) is 2. The van der Waals surface area contributed by atoms with Gasteiger partial charge in [-0.15, -0.1) is 0 Å². The molecule has 0 atom stereocenters. The van der Waals surface area contributed by atoms with Gasteiger partial charge in [-0.05, 0) is 24.1 Å². The van der Waals surface area contributed by atoms with Gasteiger partial charge >= 0.3 is 0 Å². The van der Waals surface area contributed by atoms with E-state index in [2.05, 4.69) is 21.2 Å². The maximum absolute atomic E-state index is 9.37. The summed E-state index contributed by atoms with van der Waals surface area (Å²) in [5.41, 5.74) is 2.07. The fraction of sp³-hybridized carbons (Fsp3) is 0.250. The average molecular weight is 214 g/mol. The second kappa shape index (κ2) is 2.41. The van der Waals surface area contributed by atoms with Crippen molar-refractivity contribution in [2.45, 2.75) is 6.42 Å². The summed E-state index contributed by atoms with van der Waals surface area (Å²) in [6, 6.07) is 3.57. The zero-order chi connectivity index (χ0) is 7.84. The van der Waals surface area contributed by atoms with Crippen molar-refractivity contribution in [3.63, 3.8) is 0 Å². The second-order valence-electron chi connectivity index (χ2n) is 2.60. The molecule has 1 aliphatic heterocycles. The first-order valence-electron chi connectivity index (χ1n) is 3.53. The van der Waals surface area contributed by atoms with Crippen LogP contribution in [-0.4, -0.2) is 11.7 Å². The normalized spacial score (nSPS) is 14.3. The Morgan fingerprint density at radius 3 is 3.00 bits per heavy atom. The van der Waals surface area contributed by atoms with Crippen molar-refractivity contribution in [2.24, 2.45) is 0 Å². The van der Waals surface area contributed by atoms with E-state index in [9.17, 15) is 5.11 Å². The molecule has 2 rings (SSSR count). The summed E-state index contributed by atoms with van der Waals surface area (Å²) in [4.78, 5) is 0. The summed E-state index contributed by atoms with van der Waals surface area (Å²) < 4.78 is 1.08. The third-order valence-corrected chi connectivity index (χ3v) is 2.65. The van der Waals surface area contributed by atoms with Crippen molar-refractivity contribution >= 4 is 21.6 Å². The molecule has 11 heavy (non-hydrogen) atoms. The lowest BCUT2D eigenvalue weighted by molar-refractivity contribution is 0.477. The Morgan fingerprint density at radius 2 is 2.27 bits per heavy atom. The van der Waals surface area contributed by atoms with Crippen LogP contribution in [0.2, 0.25) is 0 Å². The van der Waals surface area contributed by atoms with Crippen molar-refractivity contribution in [2.75, 3.05) is 11.9 Å². The van der Waals surface area contributed by atoms with Crippen molar-refractivity contribution in [3.8, 4) is 5.75 Å². The number of anilines is 1. The van der Waals surface area contributed by atoms with Gasteiger partial charge in [0.2, 0.25) is 0 Å². The number of fused-ring (bicyclic) bond motifs is 1. The summed E-state index contributed by atoms with van der Waals surface area (Å²) >= 11 is 3.43. The van der Waals surface area contributed by atoms with Gasteiger partial charge in [0.25, 0.3) is 0 Å². The summed E-state index contributed by atoms with van der Waals surface area (Å²) in [5.74, 6) is 0.348. The van der Waals surface area contributed by atoms with Crippen LogP contribution in [0.15, 0.2) is 16.6 Å². The SMILES string of the molecule is Oc1ccc(Br)c2c1NCC2. The minimum atomic E-state index is 0.348. The summed E-state index contributed by atoms with van der Waals surface area (Å²) in [7, 11) is 0. The number of halogens is 1. The molecule has 1 aliphatic rings. The standard InChI is InChI=1S/C8H8BrNO/c9-6-1-2-7(11)8-5(6)3-4-10-8/h1-2,10-11H,3-4H2. The smallest absolute Gasteiger partial charge is 0.139 e. The van der Waals surface area contributed by atoms with Crippen LogP contribution in [0.5, 0.6) is 5.75 Å². The summed E-state index contributed by atoms with van der Waals surface area (Å²) in [6.07, 6.45) is 0.990. The number of hydrogen-bond donors (Lipinski definition) is 2. The molecular formula is C8H8BrNO. The molecule has 0 aliphatic carbocycles. The molecule has 0 fully saturated rings. The van der Waals surface area contributed by atoms with Crippen molar-refractivity contribution in [3.05, 3.63) is 22.2 Å². The third kappa shape index (κ3) is 0.997. The van der Waals surface area contributed by atoms with Crippen LogP contribution in [0.4, 0.5) is 5.69 Å². The van der Waals surface area contributed by atoms with Crippen LogP contribution < -0.4 is 5.32 Å². The first-order valence-corrected chi connectivity index (χ1v) is 4.32. The highest BCUT2D eigenvalue weighted by molar-refractivity contribution is 9.10. The van der Waals surface area contributed by atoms with Crippen LogP contribution in [0.1, 0.15) is 5.56 Å². The van der Waals surface area contributed by atoms with E-state index in [0.29, 0.717) is 5.75 Å². The predicted octanol–water partition coefficient (Wildman–Crippen LogP) is 2.12. The van der Waals surface area contributed by atoms with E-state index in [4.69, 9.17) is 0 Å². The number of aromatic hydroxyl groups is 1. The molecule has 0 saturated heterocycles. The molecule has 58 valence electrons. The van der Waals surface area contributed by atoms with Gasteiger partial charge < -0.3 is 10.4 Å². The average Bonchev–Trinajstić information content (AvgIpc) is 2.45. The highest BCUT2D eigenvalue weighted by Gasteiger charge is 2.15. The van der Waals surface area contributed by atoms with E-state index in [1.54, 1.807) is 6.07 Å². The molecule has 2 nitrogen and oxygen atoms in total. The quantitative estimate of drug-likeness (QED) is 0.648. The van der Waals surface area contributed by atoms with Crippen LogP contribution in [0.25, 0.3) is 0 Å². The lowest BCUT2D eigenvalue weighted by Crippen LogP contribution is -1.90. The number of nitrogens with one attached hydrogen (secondary N) is 1. The largest absolute Gasteiger partial charge is 0.506 e. The van der Waals surface area contributed by atoms with Crippen LogP contribution >= 0.6 is 15.9 Å². The molecule has 2 N–H and O–H groups in total. The summed E-state index contributed by atoms with van der Waals surface area (Å²) in [6.45, 7) is 0.922. The monoisotopic (exact) mass is 213 g/mol. The van der Waals surface area contributed by atoms with Crippen LogP contribution in [0.3, 0.4) is 0 Å². The molecule has 1 aromatic rings. The minimum absolute atomic E-state index is 0.348. The fourth-order valence-electron chi connectivity index (χ4n) is 1.36. The molecule has 0 aromatic heterocycles. The molecule has 0 amide bonds. The number of benzene rings is 1. The van der Waals surface area contributed by atoms with Crippen molar-refractivity contribution in [1.82, 2.24) is 0 Å². The van der Waals surface area contributed by atoms with E-state index in [0.717, 1.165) is 23.1 Å². The maximum atomic E-state index is 9.37. The van der Waals surface area contributed by atoms with Gasteiger partial charge in [0, 0.05) is 11.0 Å². The zero-order valence-corrected chi connectivity index (χ0v) is 7.48. The lowest BCUT2D eigenvalue weighted by Gasteiger charge is -2.03. The van der Waals surface area contributed by atoms with Gasteiger partial charge in [0.15, 0.2) is 0 Å². The van der Waals surface area contributed by atoms with E-state index in [1.165, 1.54) is 5.56 Å². The molecule has 0 spiro atoms. The Balaban J connectivity index is 2.64. The molecule has 3 heteroatoms. The Bertz CT molecular complexity index is 269. The highest BCUT2D eigenvalue weighted by atomic mass is 79.9. The Morgan fingerprint density at radius 1 is 1.45 bits per heavy atom. The molecule has 0 bridgehead atoms. The van der Waals surface area contributed by atoms with Crippen LogP contribution in [0, 0.1) is 0 Å². The molecule has 0 saturated carbocycles. The van der Waals surface area contributed by atoms with Gasteiger partial charge in [-0.1, -0.05) is 15.9 Å². The topological polar surface area (TPSA) is 32.3 Å². The second-order valence-corrected chi connectivity index (χ2v) is 3.45. The number of phenolic OH excluding ortho intramolecular Hbond substituents is 1. The predicted molar refractivity (Wildman–Crippen MR) is 48.0 cm³/mol. The first-order chi connectivity index (χ1) is 5.29. The molecular weight excluding hydrogens is 206 g/mol. The van der Waals surface area contributed by atoms with E-state index in [1.807, 2.05) is 6.07 Å². The molecule has 1 aromatic carbocycles. The Kier molecular flexibility index (Phi) is 1.53. The fourth-order valence-corrected chi connectivity index (χ4v) is 1.89. The number of rotatable bonds is 0. The molecule has 0 radical (unpaired) electrons. The van der Waals surface area contributed by atoms with Gasteiger partial charge in [-0.25, -0.2) is 0 Å². The van der Waals surface area contributed by atoms with E-state index < -0.39 is 0 Å². The van der Waals surface area contributed by atoms with Crippen LogP contribution in [-0.2, 0) is 6.42 Å². The Hall–Kier alpha value is -0.700. The minimum Gasteiger partial charge on any atom is -0.506 e.